The molecule has 4 N–H and O–H groups in total. The Balaban J connectivity index is 1.23. The number of fused-ring (bicyclic) bond motifs is 2. The number of nitrogens with one attached hydrogen (secondary N) is 1. The number of phenols is 1. The van der Waals surface area contributed by atoms with E-state index in [1.54, 1.807) is 18.1 Å². The SMILES string of the molecule is CC(C)C[C@@H](CN1CCCC1)N(Cc1cccc(CN2O[C@@H](CO)[C@@H]([C@H](C)O)[C@H]2C(=O)N[C@H]2C[C@@H]3C[C@H]([C@@H]2C)C3(C)C)c1)Cc1c(O)cccc1F. The minimum Gasteiger partial charge on any atom is -0.508 e. The Morgan fingerprint density at radius 1 is 1.08 bits per heavy atom. The van der Waals surface area contributed by atoms with Crippen LogP contribution in [0.25, 0.3) is 0 Å². The van der Waals surface area contributed by atoms with E-state index in [0.717, 1.165) is 43.6 Å². The van der Waals surface area contributed by atoms with Crippen LogP contribution in [-0.4, -0.2) is 92.7 Å². The Kier molecular flexibility index (Phi) is 12.3. The van der Waals surface area contributed by atoms with E-state index in [9.17, 15) is 20.1 Å². The molecule has 2 aromatic rings. The number of hydrogen-bond acceptors (Lipinski definition) is 8. The molecule has 2 saturated heterocycles. The highest BCUT2D eigenvalue weighted by atomic mass is 19.1. The number of carbonyl (C=O) groups excluding carboxylic acids is 1. The van der Waals surface area contributed by atoms with Gasteiger partial charge in [0.25, 0.3) is 0 Å². The van der Waals surface area contributed by atoms with Crippen molar-refractivity contribution in [2.75, 3.05) is 26.2 Å². The van der Waals surface area contributed by atoms with Crippen molar-refractivity contribution in [3.63, 3.8) is 0 Å². The average molecular weight is 723 g/mol. The fourth-order valence-electron chi connectivity index (χ4n) is 10.1. The molecule has 3 saturated carbocycles. The van der Waals surface area contributed by atoms with Gasteiger partial charge < -0.3 is 25.5 Å². The van der Waals surface area contributed by atoms with E-state index in [2.05, 4.69) is 61.9 Å². The monoisotopic (exact) mass is 722 g/mol. The molecule has 2 heterocycles. The Labute approximate surface area is 310 Å². The summed E-state index contributed by atoms with van der Waals surface area (Å²) >= 11 is 0. The zero-order valence-electron chi connectivity index (χ0n) is 32.2. The van der Waals surface area contributed by atoms with Crippen molar-refractivity contribution in [1.82, 2.24) is 20.2 Å². The lowest BCUT2D eigenvalue weighted by atomic mass is 9.45. The van der Waals surface area contributed by atoms with Crippen LogP contribution in [0.3, 0.4) is 0 Å². The van der Waals surface area contributed by atoms with Crippen LogP contribution in [0.15, 0.2) is 42.5 Å². The molecular weight excluding hydrogens is 659 g/mol. The van der Waals surface area contributed by atoms with Crippen LogP contribution < -0.4 is 5.32 Å². The van der Waals surface area contributed by atoms with Gasteiger partial charge in [-0.15, -0.1) is 0 Å². The molecule has 2 bridgehead atoms. The van der Waals surface area contributed by atoms with Gasteiger partial charge in [-0.3, -0.25) is 14.5 Å². The molecule has 288 valence electrons. The molecule has 9 nitrogen and oxygen atoms in total. The molecular formula is C42H63FN4O5. The Hall–Kier alpha value is -2.60. The maximum Gasteiger partial charge on any atom is 0.240 e. The highest BCUT2D eigenvalue weighted by molar-refractivity contribution is 5.82. The lowest BCUT2D eigenvalue weighted by molar-refractivity contribution is -0.183. The van der Waals surface area contributed by atoms with Crippen molar-refractivity contribution in [2.24, 2.45) is 35.0 Å². The van der Waals surface area contributed by atoms with Gasteiger partial charge in [-0.05, 0) is 104 Å². The molecule has 2 aliphatic heterocycles. The van der Waals surface area contributed by atoms with Crippen molar-refractivity contribution in [1.29, 1.82) is 0 Å². The summed E-state index contributed by atoms with van der Waals surface area (Å²) in [5.74, 6) is 0.753. The maximum atomic E-state index is 15.2. The predicted octanol–water partition coefficient (Wildman–Crippen LogP) is 5.70. The van der Waals surface area contributed by atoms with Crippen molar-refractivity contribution in [3.8, 4) is 5.75 Å². The van der Waals surface area contributed by atoms with Gasteiger partial charge in [-0.2, -0.15) is 5.06 Å². The molecule has 9 atom stereocenters. The molecule has 0 aromatic heterocycles. The second kappa shape index (κ2) is 16.4. The van der Waals surface area contributed by atoms with Gasteiger partial charge in [0, 0.05) is 43.2 Å². The number of aliphatic hydroxyl groups is 2. The summed E-state index contributed by atoms with van der Waals surface area (Å²) in [7, 11) is 0. The zero-order chi connectivity index (χ0) is 37.3. The van der Waals surface area contributed by atoms with Crippen LogP contribution in [0.2, 0.25) is 0 Å². The summed E-state index contributed by atoms with van der Waals surface area (Å²) in [6.45, 7) is 16.9. The second-order valence-corrected chi connectivity index (χ2v) is 17.5. The van der Waals surface area contributed by atoms with Gasteiger partial charge in [0.2, 0.25) is 5.91 Å². The lowest BCUT2D eigenvalue weighted by Gasteiger charge is -2.62. The summed E-state index contributed by atoms with van der Waals surface area (Å²) in [4.78, 5) is 25.2. The molecule has 0 unspecified atom stereocenters. The third-order valence-corrected chi connectivity index (χ3v) is 13.2. The molecule has 2 aromatic carbocycles. The van der Waals surface area contributed by atoms with Gasteiger partial charge in [-0.25, -0.2) is 4.39 Å². The molecule has 0 radical (unpaired) electrons. The fraction of sp³-hybridized carbons (Fsp3) is 0.690. The third kappa shape index (κ3) is 8.37. The van der Waals surface area contributed by atoms with Crippen molar-refractivity contribution in [3.05, 3.63) is 65.0 Å². The van der Waals surface area contributed by atoms with Gasteiger partial charge >= 0.3 is 0 Å². The van der Waals surface area contributed by atoms with Gasteiger partial charge in [0.15, 0.2) is 0 Å². The molecule has 52 heavy (non-hydrogen) atoms. The molecule has 3 aliphatic carbocycles. The molecule has 5 aliphatic rings. The van der Waals surface area contributed by atoms with Gasteiger partial charge in [-0.1, -0.05) is 65.0 Å². The number of amides is 1. The van der Waals surface area contributed by atoms with Crippen molar-refractivity contribution >= 4 is 5.91 Å². The van der Waals surface area contributed by atoms with Crippen LogP contribution in [0.4, 0.5) is 4.39 Å². The smallest absolute Gasteiger partial charge is 0.240 e. The number of aliphatic hydroxyl groups excluding tert-OH is 2. The highest BCUT2D eigenvalue weighted by Crippen LogP contribution is 2.61. The number of nitrogens with zero attached hydrogens (tertiary/aromatic N) is 3. The van der Waals surface area contributed by atoms with Crippen LogP contribution in [-0.2, 0) is 29.3 Å². The average Bonchev–Trinajstić information content (AvgIpc) is 3.74. The van der Waals surface area contributed by atoms with Crippen molar-refractivity contribution < 1.29 is 29.3 Å². The third-order valence-electron chi connectivity index (χ3n) is 13.2. The Bertz CT molecular complexity index is 1490. The number of aromatic hydroxyl groups is 1. The number of hydroxylamine groups is 2. The van der Waals surface area contributed by atoms with Crippen LogP contribution >= 0.6 is 0 Å². The molecule has 1 amide bonds. The minimum atomic E-state index is -0.864. The topological polar surface area (TPSA) is 109 Å². The number of halogens is 1. The lowest BCUT2D eigenvalue weighted by Crippen LogP contribution is -2.62. The van der Waals surface area contributed by atoms with Crippen LogP contribution in [0, 0.1) is 40.8 Å². The van der Waals surface area contributed by atoms with Crippen LogP contribution in [0.1, 0.15) is 90.3 Å². The van der Waals surface area contributed by atoms with E-state index >= 15 is 4.39 Å². The van der Waals surface area contributed by atoms with Crippen molar-refractivity contribution in [2.45, 2.75) is 124 Å². The number of hydrogen-bond donors (Lipinski definition) is 4. The first-order chi connectivity index (χ1) is 24.8. The first-order valence-electron chi connectivity index (χ1n) is 19.8. The minimum absolute atomic E-state index is 0.0341. The Morgan fingerprint density at radius 2 is 1.79 bits per heavy atom. The number of phenolic OH excluding ortho intramolecular Hbond substituents is 1. The van der Waals surface area contributed by atoms with Crippen LogP contribution in [0.5, 0.6) is 5.75 Å². The largest absolute Gasteiger partial charge is 0.508 e. The van der Waals surface area contributed by atoms with E-state index in [0.29, 0.717) is 47.7 Å². The number of carbonyl (C=O) groups is 1. The fourth-order valence-corrected chi connectivity index (χ4v) is 10.1. The van der Waals surface area contributed by atoms with Gasteiger partial charge in [0.05, 0.1) is 19.3 Å². The first-order valence-corrected chi connectivity index (χ1v) is 19.8. The quantitative estimate of drug-likeness (QED) is 0.186. The Morgan fingerprint density at radius 3 is 2.42 bits per heavy atom. The summed E-state index contributed by atoms with van der Waals surface area (Å²) in [5, 5.41) is 37.0. The summed E-state index contributed by atoms with van der Waals surface area (Å²) in [6.07, 6.45) is 3.91. The normalized spacial score (nSPS) is 30.1. The predicted molar refractivity (Wildman–Crippen MR) is 200 cm³/mol. The molecule has 5 fully saturated rings. The summed E-state index contributed by atoms with van der Waals surface area (Å²) in [6, 6.07) is 12.1. The summed E-state index contributed by atoms with van der Waals surface area (Å²) < 4.78 is 15.2. The number of benzene rings is 2. The summed E-state index contributed by atoms with van der Waals surface area (Å²) in [5.41, 5.74) is 2.57. The van der Waals surface area contributed by atoms with E-state index in [1.807, 2.05) is 12.1 Å². The number of rotatable bonds is 15. The van der Waals surface area contributed by atoms with Gasteiger partial charge in [0.1, 0.15) is 23.7 Å². The molecule has 0 spiro atoms. The highest BCUT2D eigenvalue weighted by Gasteiger charge is 2.57. The van der Waals surface area contributed by atoms with E-state index < -0.39 is 30.0 Å². The van der Waals surface area contributed by atoms with E-state index in [-0.39, 0.29) is 36.9 Å². The zero-order valence-corrected chi connectivity index (χ0v) is 32.2. The van der Waals surface area contributed by atoms with E-state index in [1.165, 1.54) is 31.4 Å². The first kappa shape index (κ1) is 39.1. The second-order valence-electron chi connectivity index (χ2n) is 17.5. The standard InChI is InChI=1S/C42H63FN4O5/c1-26(2)17-32(23-45-15-7-8-16-45)46(24-33-35(43)13-10-14-37(33)50)21-29-11-9-12-30(18-29)22-47-40(39(28(4)49)38(25-48)52-47)41(51)44-36-20-31-19-34(27(36)3)42(31,5)6/h9-14,18,26-28,31-32,34,36,38-40,48-50H,7-8,15-17,19-25H2,1-6H3,(H,44,51)/t27-,28-,31-,32-,34+,36-,38-,39+,40-/m0/s1. The molecule has 7 rings (SSSR count). The van der Waals surface area contributed by atoms with E-state index in [4.69, 9.17) is 4.84 Å². The number of likely N-dealkylation sites (tertiary alicyclic amines) is 1. The molecule has 10 heteroatoms. The maximum absolute atomic E-state index is 15.2.